The molecule has 0 bridgehead atoms. The highest BCUT2D eigenvalue weighted by atomic mass is 16.7. The molecule has 18 heavy (non-hydrogen) atoms. The zero-order valence-electron chi connectivity index (χ0n) is 9.70. The van der Waals surface area contributed by atoms with E-state index in [1.807, 2.05) is 31.2 Å². The molecule has 1 aliphatic heterocycles. The monoisotopic (exact) mass is 245 g/mol. The van der Waals surface area contributed by atoms with Crippen LogP contribution in [0, 0.1) is 6.92 Å². The third-order valence-electron chi connectivity index (χ3n) is 2.44. The van der Waals surface area contributed by atoms with Gasteiger partial charge in [-0.1, -0.05) is 5.16 Å². The highest BCUT2D eigenvalue weighted by Gasteiger charge is 2.15. The summed E-state index contributed by atoms with van der Waals surface area (Å²) >= 11 is 0. The van der Waals surface area contributed by atoms with E-state index in [0.717, 1.165) is 11.3 Å². The summed E-state index contributed by atoms with van der Waals surface area (Å²) in [4.78, 5) is 0. The molecule has 92 valence electrons. The number of rotatable bonds is 3. The van der Waals surface area contributed by atoms with Crippen LogP contribution in [-0.4, -0.2) is 5.16 Å². The van der Waals surface area contributed by atoms with E-state index >= 15 is 0 Å². The number of nitrogens with zero attached hydrogens (tertiary/aromatic N) is 1. The van der Waals surface area contributed by atoms with Gasteiger partial charge in [0.15, 0.2) is 0 Å². The van der Waals surface area contributed by atoms with Gasteiger partial charge < -0.3 is 18.7 Å². The summed E-state index contributed by atoms with van der Waals surface area (Å²) in [6.45, 7) is 1.83. The Morgan fingerprint density at radius 3 is 2.44 bits per heavy atom. The minimum atomic E-state index is -0.369. The zero-order valence-corrected chi connectivity index (χ0v) is 9.70. The molecule has 5 nitrogen and oxygen atoms in total. The molecule has 0 fully saturated rings. The van der Waals surface area contributed by atoms with Crippen LogP contribution in [0.15, 0.2) is 47.4 Å². The number of hydrogen-bond donors (Lipinski definition) is 0. The maximum Gasteiger partial charge on any atom is 0.316 e. The van der Waals surface area contributed by atoms with Crippen LogP contribution in [0.4, 0.5) is 0 Å². The quantitative estimate of drug-likeness (QED) is 0.830. The second kappa shape index (κ2) is 4.44. The van der Waals surface area contributed by atoms with Gasteiger partial charge in [-0.3, -0.25) is 0 Å². The van der Waals surface area contributed by atoms with Crippen LogP contribution in [0.25, 0.3) is 0 Å². The first-order chi connectivity index (χ1) is 8.81. The number of benzene rings is 1. The molecule has 5 heteroatoms. The van der Waals surface area contributed by atoms with Gasteiger partial charge in [0, 0.05) is 11.6 Å². The van der Waals surface area contributed by atoms with Crippen LogP contribution >= 0.6 is 0 Å². The molecule has 3 rings (SSSR count). The van der Waals surface area contributed by atoms with E-state index in [9.17, 15) is 0 Å². The van der Waals surface area contributed by atoms with Crippen molar-refractivity contribution in [3.8, 4) is 11.7 Å². The van der Waals surface area contributed by atoms with E-state index in [2.05, 4.69) is 5.16 Å². The maximum atomic E-state index is 5.49. The fraction of sp³-hybridized carbons (Fsp3) is 0.154. The lowest BCUT2D eigenvalue weighted by Gasteiger charge is -2.10. The normalized spacial score (nSPS) is 14.3. The molecule has 2 aromatic rings. The number of ether oxygens (including phenoxy) is 3. The lowest BCUT2D eigenvalue weighted by atomic mass is 10.2. The minimum absolute atomic E-state index is 0.369. The van der Waals surface area contributed by atoms with Crippen molar-refractivity contribution in [3.05, 3.63) is 54.1 Å². The van der Waals surface area contributed by atoms with Crippen molar-refractivity contribution in [3.63, 3.8) is 0 Å². The standard InChI is InChI=1S/C13H11NO4/c1-9-8-12(18-14-9)17-11-4-2-10(3-5-11)13-15-6-7-16-13/h2-8,13H,1H3. The number of aryl methyl sites for hydroxylation is 1. The van der Waals surface area contributed by atoms with Crippen molar-refractivity contribution in [2.24, 2.45) is 0 Å². The maximum absolute atomic E-state index is 5.49. The molecule has 1 aliphatic rings. The predicted octanol–water partition coefficient (Wildman–Crippen LogP) is 3.29. The second-order valence-electron chi connectivity index (χ2n) is 3.83. The summed E-state index contributed by atoms with van der Waals surface area (Å²) in [7, 11) is 0. The molecule has 0 spiro atoms. The summed E-state index contributed by atoms with van der Waals surface area (Å²) in [5.41, 5.74) is 1.70. The Balaban J connectivity index is 1.70. The Morgan fingerprint density at radius 2 is 1.83 bits per heavy atom. The molecule has 1 aromatic heterocycles. The average Bonchev–Trinajstić information content (AvgIpc) is 3.02. The highest BCUT2D eigenvalue weighted by molar-refractivity contribution is 5.30. The first-order valence-corrected chi connectivity index (χ1v) is 5.48. The molecule has 0 amide bonds. The molecule has 0 aliphatic carbocycles. The SMILES string of the molecule is Cc1cc(Oc2ccc(C3OC=CO3)cc2)on1. The van der Waals surface area contributed by atoms with E-state index in [1.165, 1.54) is 12.5 Å². The third kappa shape index (κ3) is 2.15. The Labute approximate surface area is 104 Å². The van der Waals surface area contributed by atoms with Crippen LogP contribution < -0.4 is 4.74 Å². The fourth-order valence-corrected chi connectivity index (χ4v) is 1.59. The van der Waals surface area contributed by atoms with Crippen LogP contribution in [-0.2, 0) is 9.47 Å². The van der Waals surface area contributed by atoms with Gasteiger partial charge in [-0.25, -0.2) is 0 Å². The van der Waals surface area contributed by atoms with Gasteiger partial charge in [0.2, 0.25) is 0 Å². The molecule has 0 N–H and O–H groups in total. The lowest BCUT2D eigenvalue weighted by molar-refractivity contribution is -0.0246. The van der Waals surface area contributed by atoms with E-state index in [0.29, 0.717) is 11.7 Å². The Morgan fingerprint density at radius 1 is 1.11 bits per heavy atom. The van der Waals surface area contributed by atoms with E-state index in [1.54, 1.807) is 6.07 Å². The van der Waals surface area contributed by atoms with Gasteiger partial charge in [0.05, 0.1) is 5.69 Å². The summed E-state index contributed by atoms with van der Waals surface area (Å²) in [5.74, 6) is 1.04. The Bertz CT molecular complexity index is 551. The number of aromatic nitrogens is 1. The van der Waals surface area contributed by atoms with E-state index < -0.39 is 0 Å². The summed E-state index contributed by atoms with van der Waals surface area (Å²) < 4.78 is 20.9. The Hall–Kier alpha value is -2.43. The minimum Gasteiger partial charge on any atom is -0.455 e. The van der Waals surface area contributed by atoms with Crippen molar-refractivity contribution < 1.29 is 18.7 Å². The van der Waals surface area contributed by atoms with Crippen LogP contribution in [0.5, 0.6) is 11.7 Å². The largest absolute Gasteiger partial charge is 0.455 e. The van der Waals surface area contributed by atoms with Gasteiger partial charge in [-0.2, -0.15) is 0 Å². The van der Waals surface area contributed by atoms with Crippen molar-refractivity contribution >= 4 is 0 Å². The van der Waals surface area contributed by atoms with Gasteiger partial charge >= 0.3 is 5.95 Å². The Kier molecular flexibility index (Phi) is 2.64. The van der Waals surface area contributed by atoms with E-state index in [4.69, 9.17) is 18.7 Å². The fourth-order valence-electron chi connectivity index (χ4n) is 1.59. The predicted molar refractivity (Wildman–Crippen MR) is 61.8 cm³/mol. The molecular weight excluding hydrogens is 234 g/mol. The van der Waals surface area contributed by atoms with Gasteiger partial charge in [0.25, 0.3) is 6.29 Å². The van der Waals surface area contributed by atoms with Crippen molar-refractivity contribution in [1.29, 1.82) is 0 Å². The number of hydrogen-bond acceptors (Lipinski definition) is 5. The van der Waals surface area contributed by atoms with Crippen molar-refractivity contribution in [2.45, 2.75) is 13.2 Å². The highest BCUT2D eigenvalue weighted by Crippen LogP contribution is 2.27. The van der Waals surface area contributed by atoms with Crippen LogP contribution in [0.3, 0.4) is 0 Å². The first-order valence-electron chi connectivity index (χ1n) is 5.48. The molecule has 0 saturated heterocycles. The van der Waals surface area contributed by atoms with Gasteiger partial charge in [-0.05, 0) is 31.2 Å². The zero-order chi connectivity index (χ0) is 12.4. The topological polar surface area (TPSA) is 53.7 Å². The molecule has 0 atom stereocenters. The molecule has 0 radical (unpaired) electrons. The van der Waals surface area contributed by atoms with Gasteiger partial charge in [0.1, 0.15) is 18.3 Å². The van der Waals surface area contributed by atoms with Crippen molar-refractivity contribution in [1.82, 2.24) is 5.16 Å². The molecule has 2 heterocycles. The summed E-state index contributed by atoms with van der Waals surface area (Å²) in [6.07, 6.45) is 2.67. The van der Waals surface area contributed by atoms with Gasteiger partial charge in [-0.15, -0.1) is 0 Å². The molecule has 0 unspecified atom stereocenters. The average molecular weight is 245 g/mol. The summed E-state index contributed by atoms with van der Waals surface area (Å²) in [6, 6.07) is 9.10. The first kappa shape index (κ1) is 10.7. The second-order valence-corrected chi connectivity index (χ2v) is 3.83. The van der Waals surface area contributed by atoms with Crippen molar-refractivity contribution in [2.75, 3.05) is 0 Å². The molecular formula is C13H11NO4. The lowest BCUT2D eigenvalue weighted by Crippen LogP contribution is -1.97. The third-order valence-corrected chi connectivity index (χ3v) is 2.44. The molecule has 0 saturated carbocycles. The molecule has 1 aromatic carbocycles. The van der Waals surface area contributed by atoms with E-state index in [-0.39, 0.29) is 6.29 Å². The summed E-state index contributed by atoms with van der Waals surface area (Å²) in [5, 5.41) is 3.75. The van der Waals surface area contributed by atoms with Crippen LogP contribution in [0.2, 0.25) is 0 Å². The van der Waals surface area contributed by atoms with Crippen LogP contribution in [0.1, 0.15) is 17.5 Å². The smallest absolute Gasteiger partial charge is 0.316 e.